The van der Waals surface area contributed by atoms with Gasteiger partial charge in [0, 0.05) is 19.6 Å². The van der Waals surface area contributed by atoms with Gasteiger partial charge in [-0.1, -0.05) is 20.8 Å². The normalized spacial score (nSPS) is 20.7. The molecule has 1 aliphatic heterocycles. The third-order valence-electron chi connectivity index (χ3n) is 3.47. The first-order valence-corrected chi connectivity index (χ1v) is 6.05. The second-order valence-electron chi connectivity index (χ2n) is 5.09. The first-order valence-electron chi connectivity index (χ1n) is 6.05. The zero-order valence-corrected chi connectivity index (χ0v) is 10.2. The van der Waals surface area contributed by atoms with Crippen LogP contribution >= 0.6 is 0 Å². The molecular weight excluding hydrogens is 188 g/mol. The molecule has 0 saturated carbocycles. The Morgan fingerprint density at radius 2 is 1.93 bits per heavy atom. The molecule has 1 amide bonds. The fourth-order valence-electron chi connectivity index (χ4n) is 2.12. The summed E-state index contributed by atoms with van der Waals surface area (Å²) in [5.41, 5.74) is 5.66. The van der Waals surface area contributed by atoms with Crippen molar-refractivity contribution in [1.82, 2.24) is 4.90 Å². The van der Waals surface area contributed by atoms with Gasteiger partial charge in [0.05, 0.1) is 5.92 Å². The predicted octanol–water partition coefficient (Wildman–Crippen LogP) is 1.48. The number of rotatable bonds is 3. The molecule has 0 spiro atoms. The van der Waals surface area contributed by atoms with Gasteiger partial charge in [-0.05, 0) is 24.7 Å². The van der Waals surface area contributed by atoms with Crippen molar-refractivity contribution >= 4 is 5.91 Å². The van der Waals surface area contributed by atoms with Crippen molar-refractivity contribution in [2.45, 2.75) is 33.6 Å². The van der Waals surface area contributed by atoms with Crippen molar-refractivity contribution in [3.63, 3.8) is 0 Å². The van der Waals surface area contributed by atoms with E-state index in [-0.39, 0.29) is 11.8 Å². The van der Waals surface area contributed by atoms with Crippen LogP contribution in [0.4, 0.5) is 0 Å². The van der Waals surface area contributed by atoms with Crippen LogP contribution in [0.2, 0.25) is 0 Å². The molecule has 1 aliphatic rings. The lowest BCUT2D eigenvalue weighted by molar-refractivity contribution is -0.137. The van der Waals surface area contributed by atoms with Crippen LogP contribution in [-0.4, -0.2) is 30.4 Å². The molecule has 1 saturated heterocycles. The average molecular weight is 212 g/mol. The first-order chi connectivity index (χ1) is 7.06. The number of carbonyl (C=O) groups is 1. The van der Waals surface area contributed by atoms with E-state index in [1.165, 1.54) is 0 Å². The Morgan fingerprint density at radius 1 is 1.40 bits per heavy atom. The van der Waals surface area contributed by atoms with Crippen molar-refractivity contribution in [2.24, 2.45) is 23.5 Å². The zero-order chi connectivity index (χ0) is 11.4. The minimum Gasteiger partial charge on any atom is -0.342 e. The van der Waals surface area contributed by atoms with E-state index in [1.54, 1.807) is 0 Å². The molecule has 88 valence electrons. The minimum atomic E-state index is 0.0124. The standard InChI is InChI=1S/C12H24N2O/c1-9(2)11(8-13)12(15)14-6-4-10(3)5-7-14/h9-11H,4-8,13H2,1-3H3. The predicted molar refractivity (Wildman–Crippen MR) is 62.4 cm³/mol. The van der Waals surface area contributed by atoms with Crippen LogP contribution in [0.1, 0.15) is 33.6 Å². The van der Waals surface area contributed by atoms with Crippen LogP contribution in [0.15, 0.2) is 0 Å². The van der Waals surface area contributed by atoms with Crippen LogP contribution in [-0.2, 0) is 4.79 Å². The van der Waals surface area contributed by atoms with Crippen LogP contribution < -0.4 is 5.73 Å². The Hall–Kier alpha value is -0.570. The van der Waals surface area contributed by atoms with Crippen LogP contribution in [0.5, 0.6) is 0 Å². The second kappa shape index (κ2) is 5.50. The number of nitrogens with zero attached hydrogens (tertiary/aromatic N) is 1. The summed E-state index contributed by atoms with van der Waals surface area (Å²) in [6.45, 7) is 8.71. The molecule has 1 unspecified atom stereocenters. The molecule has 2 N–H and O–H groups in total. The van der Waals surface area contributed by atoms with Gasteiger partial charge in [0.1, 0.15) is 0 Å². The molecule has 0 aromatic heterocycles. The van der Waals surface area contributed by atoms with E-state index < -0.39 is 0 Å². The molecule has 15 heavy (non-hydrogen) atoms. The number of carbonyl (C=O) groups excluding carboxylic acids is 1. The van der Waals surface area contributed by atoms with Crippen molar-refractivity contribution in [3.05, 3.63) is 0 Å². The SMILES string of the molecule is CC1CCN(C(=O)C(CN)C(C)C)CC1. The number of nitrogens with two attached hydrogens (primary N) is 1. The summed E-state index contributed by atoms with van der Waals surface area (Å²) in [7, 11) is 0. The largest absolute Gasteiger partial charge is 0.342 e. The lowest BCUT2D eigenvalue weighted by atomic mass is 9.92. The molecule has 0 aliphatic carbocycles. The summed E-state index contributed by atoms with van der Waals surface area (Å²) < 4.78 is 0. The maximum atomic E-state index is 12.1. The highest BCUT2D eigenvalue weighted by Crippen LogP contribution is 2.20. The van der Waals surface area contributed by atoms with E-state index in [0.29, 0.717) is 12.5 Å². The summed E-state index contributed by atoms with van der Waals surface area (Å²) in [6.07, 6.45) is 2.28. The van der Waals surface area contributed by atoms with Crippen molar-refractivity contribution in [1.29, 1.82) is 0 Å². The van der Waals surface area contributed by atoms with Crippen LogP contribution in [0.3, 0.4) is 0 Å². The van der Waals surface area contributed by atoms with E-state index in [4.69, 9.17) is 5.73 Å². The molecule has 0 radical (unpaired) electrons. The molecule has 3 heteroatoms. The van der Waals surface area contributed by atoms with Gasteiger partial charge in [-0.15, -0.1) is 0 Å². The Kier molecular flexibility index (Phi) is 4.58. The van der Waals surface area contributed by atoms with E-state index >= 15 is 0 Å². The smallest absolute Gasteiger partial charge is 0.227 e. The number of likely N-dealkylation sites (tertiary alicyclic amines) is 1. The Labute approximate surface area is 93.0 Å². The van der Waals surface area contributed by atoms with Gasteiger partial charge >= 0.3 is 0 Å². The molecule has 1 atom stereocenters. The van der Waals surface area contributed by atoms with Crippen molar-refractivity contribution in [3.8, 4) is 0 Å². The van der Waals surface area contributed by atoms with Crippen molar-refractivity contribution < 1.29 is 4.79 Å². The van der Waals surface area contributed by atoms with Gasteiger partial charge in [0.25, 0.3) is 0 Å². The number of hydrogen-bond donors (Lipinski definition) is 1. The Morgan fingerprint density at radius 3 is 2.33 bits per heavy atom. The quantitative estimate of drug-likeness (QED) is 0.770. The second-order valence-corrected chi connectivity index (χ2v) is 5.09. The zero-order valence-electron chi connectivity index (χ0n) is 10.2. The van der Waals surface area contributed by atoms with Gasteiger partial charge in [-0.3, -0.25) is 4.79 Å². The summed E-state index contributed by atoms with van der Waals surface area (Å²) >= 11 is 0. The highest BCUT2D eigenvalue weighted by molar-refractivity contribution is 5.79. The maximum absolute atomic E-state index is 12.1. The fraction of sp³-hybridized carbons (Fsp3) is 0.917. The average Bonchev–Trinajstić information content (AvgIpc) is 2.19. The monoisotopic (exact) mass is 212 g/mol. The topological polar surface area (TPSA) is 46.3 Å². The molecule has 0 bridgehead atoms. The molecular formula is C12H24N2O. The fourth-order valence-corrected chi connectivity index (χ4v) is 2.12. The molecule has 0 aromatic rings. The highest BCUT2D eigenvalue weighted by atomic mass is 16.2. The lowest BCUT2D eigenvalue weighted by Crippen LogP contribution is -2.44. The van der Waals surface area contributed by atoms with E-state index in [1.807, 2.05) is 4.90 Å². The Bertz CT molecular complexity index is 208. The number of piperidine rings is 1. The van der Waals surface area contributed by atoms with Crippen LogP contribution in [0.25, 0.3) is 0 Å². The lowest BCUT2D eigenvalue weighted by Gasteiger charge is -2.33. The first kappa shape index (κ1) is 12.5. The summed E-state index contributed by atoms with van der Waals surface area (Å²) in [4.78, 5) is 14.1. The van der Waals surface area contributed by atoms with Gasteiger partial charge in [-0.25, -0.2) is 0 Å². The maximum Gasteiger partial charge on any atom is 0.227 e. The van der Waals surface area contributed by atoms with Gasteiger partial charge in [0.2, 0.25) is 5.91 Å². The summed E-state index contributed by atoms with van der Waals surface area (Å²) in [5.74, 6) is 1.39. The molecule has 1 rings (SSSR count). The van der Waals surface area contributed by atoms with Gasteiger partial charge in [0.15, 0.2) is 0 Å². The summed E-state index contributed by atoms with van der Waals surface area (Å²) in [6, 6.07) is 0. The van der Waals surface area contributed by atoms with Gasteiger partial charge in [-0.2, -0.15) is 0 Å². The van der Waals surface area contributed by atoms with Crippen molar-refractivity contribution in [2.75, 3.05) is 19.6 Å². The molecule has 3 nitrogen and oxygen atoms in total. The Balaban J connectivity index is 2.52. The van der Waals surface area contributed by atoms with Gasteiger partial charge < -0.3 is 10.6 Å². The minimum absolute atomic E-state index is 0.0124. The summed E-state index contributed by atoms with van der Waals surface area (Å²) in [5, 5.41) is 0. The highest BCUT2D eigenvalue weighted by Gasteiger charge is 2.27. The molecule has 0 aromatic carbocycles. The third kappa shape index (κ3) is 3.20. The number of hydrogen-bond acceptors (Lipinski definition) is 2. The number of amides is 1. The van der Waals surface area contributed by atoms with E-state index in [0.717, 1.165) is 31.8 Å². The van der Waals surface area contributed by atoms with Crippen LogP contribution in [0, 0.1) is 17.8 Å². The molecule has 1 heterocycles. The van der Waals surface area contributed by atoms with E-state index in [9.17, 15) is 4.79 Å². The van der Waals surface area contributed by atoms with E-state index in [2.05, 4.69) is 20.8 Å². The third-order valence-corrected chi connectivity index (χ3v) is 3.47. The molecule has 1 fully saturated rings.